The van der Waals surface area contributed by atoms with Crippen molar-refractivity contribution in [3.8, 4) is 5.75 Å². The molecule has 0 atom stereocenters. The summed E-state index contributed by atoms with van der Waals surface area (Å²) in [6, 6.07) is 0. The van der Waals surface area contributed by atoms with Crippen molar-refractivity contribution in [3.63, 3.8) is 0 Å². The molecule has 0 amide bonds. The topological polar surface area (TPSA) is 94.8 Å². The third kappa shape index (κ3) is 2.65. The van der Waals surface area contributed by atoms with Crippen molar-refractivity contribution in [2.45, 2.75) is 6.54 Å². The molecule has 1 aromatic rings. The van der Waals surface area contributed by atoms with Gasteiger partial charge in [0.05, 0.1) is 14.2 Å². The van der Waals surface area contributed by atoms with Gasteiger partial charge in [-0.05, 0) is 0 Å². The molecule has 0 saturated heterocycles. The van der Waals surface area contributed by atoms with Crippen LogP contribution in [0.3, 0.4) is 0 Å². The first-order valence-electron chi connectivity index (χ1n) is 5.21. The van der Waals surface area contributed by atoms with E-state index in [1.807, 2.05) is 0 Å². The van der Waals surface area contributed by atoms with Gasteiger partial charge < -0.3 is 19.1 Å². The Morgan fingerprint density at radius 3 is 2.53 bits per heavy atom. The molecule has 1 heterocycles. The lowest BCUT2D eigenvalue weighted by Gasteiger charge is -2.14. The van der Waals surface area contributed by atoms with E-state index in [-0.39, 0.29) is 18.0 Å². The van der Waals surface area contributed by atoms with E-state index in [9.17, 15) is 14.4 Å². The number of esters is 1. The molecule has 0 bridgehead atoms. The van der Waals surface area contributed by atoms with Gasteiger partial charge in [0, 0.05) is 12.7 Å². The van der Waals surface area contributed by atoms with Crippen LogP contribution < -0.4 is 10.2 Å². The van der Waals surface area contributed by atoms with E-state index >= 15 is 0 Å². The van der Waals surface area contributed by atoms with Crippen LogP contribution >= 0.6 is 0 Å². The Labute approximate surface area is 108 Å². The van der Waals surface area contributed by atoms with E-state index in [0.29, 0.717) is 0 Å². The molecular formula is C12H13NO6. The van der Waals surface area contributed by atoms with Gasteiger partial charge in [0.15, 0.2) is 11.4 Å². The second-order valence-corrected chi connectivity index (χ2v) is 3.49. The van der Waals surface area contributed by atoms with Gasteiger partial charge in [0.2, 0.25) is 5.43 Å². The zero-order valence-corrected chi connectivity index (χ0v) is 10.5. The Morgan fingerprint density at radius 2 is 2.11 bits per heavy atom. The highest BCUT2D eigenvalue weighted by molar-refractivity contribution is 5.93. The molecular weight excluding hydrogens is 254 g/mol. The standard InChI is InChI=1S/C12H13NO6/c1-4-5-13-6-7(11(15)16)9(14)10(18-2)8(13)12(17)19-3/h4,6H,1,5H2,2-3H3,(H,15,16). The van der Waals surface area contributed by atoms with Crippen LogP contribution in [-0.4, -0.2) is 35.8 Å². The van der Waals surface area contributed by atoms with Gasteiger partial charge in [-0.15, -0.1) is 6.58 Å². The molecule has 0 aliphatic heterocycles. The maximum atomic E-state index is 11.9. The van der Waals surface area contributed by atoms with Gasteiger partial charge in [-0.25, -0.2) is 9.59 Å². The van der Waals surface area contributed by atoms with E-state index in [2.05, 4.69) is 11.3 Å². The number of aromatic nitrogens is 1. The SMILES string of the molecule is C=CCn1cc(C(=O)O)c(=O)c(OC)c1C(=O)OC. The molecule has 0 spiro atoms. The number of nitrogens with zero attached hydrogens (tertiary/aromatic N) is 1. The van der Waals surface area contributed by atoms with Crippen molar-refractivity contribution in [2.24, 2.45) is 0 Å². The van der Waals surface area contributed by atoms with E-state index in [4.69, 9.17) is 9.84 Å². The summed E-state index contributed by atoms with van der Waals surface area (Å²) in [4.78, 5) is 34.6. The molecule has 0 aliphatic carbocycles. The van der Waals surface area contributed by atoms with Gasteiger partial charge in [0.1, 0.15) is 5.56 Å². The average molecular weight is 267 g/mol. The molecule has 0 fully saturated rings. The lowest BCUT2D eigenvalue weighted by atomic mass is 10.2. The summed E-state index contributed by atoms with van der Waals surface area (Å²) in [7, 11) is 2.32. The van der Waals surface area contributed by atoms with Crippen molar-refractivity contribution in [1.82, 2.24) is 4.57 Å². The normalized spacial score (nSPS) is 9.79. The summed E-state index contributed by atoms with van der Waals surface area (Å²) in [5.41, 5.74) is -1.53. The number of allylic oxidation sites excluding steroid dienone is 1. The number of carbonyl (C=O) groups is 2. The van der Waals surface area contributed by atoms with Gasteiger partial charge in [-0.1, -0.05) is 6.08 Å². The molecule has 0 aromatic carbocycles. The summed E-state index contributed by atoms with van der Waals surface area (Å²) in [5.74, 6) is -2.57. The van der Waals surface area contributed by atoms with Gasteiger partial charge >= 0.3 is 11.9 Å². The van der Waals surface area contributed by atoms with Crippen LogP contribution in [0.4, 0.5) is 0 Å². The highest BCUT2D eigenvalue weighted by Gasteiger charge is 2.24. The molecule has 102 valence electrons. The zero-order valence-electron chi connectivity index (χ0n) is 10.5. The fourth-order valence-corrected chi connectivity index (χ4v) is 1.57. The monoisotopic (exact) mass is 267 g/mol. The fourth-order valence-electron chi connectivity index (χ4n) is 1.57. The number of hydrogen-bond acceptors (Lipinski definition) is 5. The number of carbonyl (C=O) groups excluding carboxylic acids is 1. The summed E-state index contributed by atoms with van der Waals surface area (Å²) in [6.45, 7) is 3.62. The quantitative estimate of drug-likeness (QED) is 0.617. The van der Waals surface area contributed by atoms with Gasteiger partial charge in [-0.3, -0.25) is 4.79 Å². The lowest BCUT2D eigenvalue weighted by molar-refractivity contribution is 0.0579. The van der Waals surface area contributed by atoms with E-state index in [0.717, 1.165) is 13.3 Å². The van der Waals surface area contributed by atoms with E-state index in [1.165, 1.54) is 17.8 Å². The van der Waals surface area contributed by atoms with Crippen molar-refractivity contribution >= 4 is 11.9 Å². The zero-order chi connectivity index (χ0) is 14.6. The van der Waals surface area contributed by atoms with Crippen LogP contribution in [0.15, 0.2) is 23.6 Å². The first kappa shape index (κ1) is 14.5. The first-order chi connectivity index (χ1) is 8.97. The Hall–Kier alpha value is -2.57. The number of methoxy groups -OCH3 is 2. The molecule has 0 radical (unpaired) electrons. The molecule has 0 unspecified atom stereocenters. The highest BCUT2D eigenvalue weighted by Crippen LogP contribution is 2.16. The summed E-state index contributed by atoms with van der Waals surface area (Å²) < 4.78 is 10.6. The Balaban J connectivity index is 3.72. The molecule has 7 heteroatoms. The van der Waals surface area contributed by atoms with Crippen LogP contribution in [0.25, 0.3) is 0 Å². The number of carboxylic acids is 1. The molecule has 0 aliphatic rings. The van der Waals surface area contributed by atoms with E-state index in [1.54, 1.807) is 0 Å². The maximum Gasteiger partial charge on any atom is 0.358 e. The smallest absolute Gasteiger partial charge is 0.358 e. The predicted molar refractivity (Wildman–Crippen MR) is 65.7 cm³/mol. The first-order valence-corrected chi connectivity index (χ1v) is 5.21. The van der Waals surface area contributed by atoms with Gasteiger partial charge in [-0.2, -0.15) is 0 Å². The molecule has 19 heavy (non-hydrogen) atoms. The maximum absolute atomic E-state index is 11.9. The largest absolute Gasteiger partial charge is 0.491 e. The summed E-state index contributed by atoms with van der Waals surface area (Å²) in [6.07, 6.45) is 2.50. The molecule has 1 aromatic heterocycles. The minimum absolute atomic E-state index is 0.126. The highest BCUT2D eigenvalue weighted by atomic mass is 16.5. The molecule has 7 nitrogen and oxygen atoms in total. The van der Waals surface area contributed by atoms with Crippen molar-refractivity contribution in [3.05, 3.63) is 40.3 Å². The Bertz CT molecular complexity index is 587. The molecule has 1 N–H and O–H groups in total. The van der Waals surface area contributed by atoms with Crippen LogP contribution in [0.1, 0.15) is 20.8 Å². The van der Waals surface area contributed by atoms with Crippen molar-refractivity contribution in [1.29, 1.82) is 0 Å². The van der Waals surface area contributed by atoms with Crippen LogP contribution in [0, 0.1) is 0 Å². The van der Waals surface area contributed by atoms with Crippen molar-refractivity contribution in [2.75, 3.05) is 14.2 Å². The number of carboxylic acid groups (broad SMARTS) is 1. The van der Waals surface area contributed by atoms with E-state index < -0.39 is 22.9 Å². The average Bonchev–Trinajstić information content (AvgIpc) is 2.38. The number of aromatic carboxylic acids is 1. The minimum atomic E-state index is -1.41. The Morgan fingerprint density at radius 1 is 1.47 bits per heavy atom. The Kier molecular flexibility index (Phi) is 4.46. The van der Waals surface area contributed by atoms with Gasteiger partial charge in [0.25, 0.3) is 0 Å². The number of rotatable bonds is 5. The number of ether oxygens (including phenoxy) is 2. The lowest BCUT2D eigenvalue weighted by Crippen LogP contribution is -2.25. The third-order valence-corrected chi connectivity index (χ3v) is 2.38. The molecule has 1 rings (SSSR count). The van der Waals surface area contributed by atoms with Crippen molar-refractivity contribution < 1.29 is 24.2 Å². The fraction of sp³-hybridized carbons (Fsp3) is 0.250. The summed E-state index contributed by atoms with van der Waals surface area (Å²) >= 11 is 0. The predicted octanol–water partition coefficient (Wildman–Crippen LogP) is 0.528. The molecule has 0 saturated carbocycles. The van der Waals surface area contributed by atoms with Crippen LogP contribution in [-0.2, 0) is 11.3 Å². The summed E-state index contributed by atoms with van der Waals surface area (Å²) in [5, 5.41) is 8.95. The third-order valence-electron chi connectivity index (χ3n) is 2.38. The number of pyridine rings is 1. The van der Waals surface area contributed by atoms with Crippen LogP contribution in [0.2, 0.25) is 0 Å². The minimum Gasteiger partial charge on any atom is -0.491 e. The number of hydrogen-bond donors (Lipinski definition) is 1. The van der Waals surface area contributed by atoms with Crippen LogP contribution in [0.5, 0.6) is 5.75 Å². The second kappa shape index (κ2) is 5.85. The second-order valence-electron chi connectivity index (χ2n) is 3.49.